The molecule has 0 unspecified atom stereocenters. The van der Waals surface area contributed by atoms with Gasteiger partial charge in [0.2, 0.25) is 0 Å². The maximum absolute atomic E-state index is 12.3. The fourth-order valence-electron chi connectivity index (χ4n) is 1.92. The van der Waals surface area contributed by atoms with Gasteiger partial charge in [-0.3, -0.25) is 4.79 Å². The van der Waals surface area contributed by atoms with E-state index in [0.29, 0.717) is 18.5 Å². The van der Waals surface area contributed by atoms with Crippen LogP contribution in [0.3, 0.4) is 0 Å². The Labute approximate surface area is 121 Å². The van der Waals surface area contributed by atoms with E-state index in [9.17, 15) is 4.79 Å². The number of anilines is 1. The van der Waals surface area contributed by atoms with Gasteiger partial charge in [0.25, 0.3) is 5.91 Å². The maximum atomic E-state index is 12.3. The van der Waals surface area contributed by atoms with Crippen LogP contribution in [0.25, 0.3) is 0 Å². The summed E-state index contributed by atoms with van der Waals surface area (Å²) in [7, 11) is 0. The van der Waals surface area contributed by atoms with Gasteiger partial charge in [0.05, 0.1) is 5.56 Å². The summed E-state index contributed by atoms with van der Waals surface area (Å²) in [5.74, 6) is -0.0836. The van der Waals surface area contributed by atoms with Crippen molar-refractivity contribution >= 4 is 11.6 Å². The van der Waals surface area contributed by atoms with E-state index in [0.717, 1.165) is 5.69 Å². The number of hydrogen-bond acceptors (Lipinski definition) is 3. The number of amides is 1. The predicted octanol–water partition coefficient (Wildman–Crippen LogP) is 2.65. The highest BCUT2D eigenvalue weighted by Crippen LogP contribution is 2.20. The summed E-state index contributed by atoms with van der Waals surface area (Å²) in [4.78, 5) is 12.3. The molecule has 0 fully saturated rings. The molecule has 0 aliphatic heterocycles. The lowest BCUT2D eigenvalue weighted by Gasteiger charge is -2.24. The Morgan fingerprint density at radius 1 is 1.30 bits per heavy atom. The van der Waals surface area contributed by atoms with Gasteiger partial charge in [0, 0.05) is 24.9 Å². The fraction of sp³-hybridized carbons (Fsp3) is 0.562. The van der Waals surface area contributed by atoms with E-state index in [1.807, 2.05) is 52.0 Å². The number of nitrogens with one attached hydrogen (secondary N) is 2. The Balaban J connectivity index is 2.73. The van der Waals surface area contributed by atoms with Gasteiger partial charge in [-0.1, -0.05) is 26.0 Å². The predicted molar refractivity (Wildman–Crippen MR) is 83.0 cm³/mol. The van der Waals surface area contributed by atoms with E-state index in [-0.39, 0.29) is 24.0 Å². The molecule has 0 atom stereocenters. The van der Waals surface area contributed by atoms with Crippen molar-refractivity contribution in [3.8, 4) is 0 Å². The number of aliphatic hydroxyl groups is 1. The van der Waals surface area contributed by atoms with Crippen molar-refractivity contribution in [1.82, 2.24) is 5.32 Å². The van der Waals surface area contributed by atoms with Gasteiger partial charge in [-0.2, -0.15) is 0 Å². The molecule has 0 aliphatic carbocycles. The van der Waals surface area contributed by atoms with Gasteiger partial charge in [0.15, 0.2) is 0 Å². The monoisotopic (exact) mass is 278 g/mol. The largest absolute Gasteiger partial charge is 0.396 e. The number of benzene rings is 1. The summed E-state index contributed by atoms with van der Waals surface area (Å²) >= 11 is 0. The van der Waals surface area contributed by atoms with Crippen LogP contribution >= 0.6 is 0 Å². The van der Waals surface area contributed by atoms with Crippen LogP contribution in [0.1, 0.15) is 44.5 Å². The van der Waals surface area contributed by atoms with Crippen LogP contribution in [0.4, 0.5) is 5.69 Å². The number of aliphatic hydroxyl groups excluding tert-OH is 1. The van der Waals surface area contributed by atoms with Crippen LogP contribution in [-0.4, -0.2) is 30.2 Å². The molecule has 0 bridgehead atoms. The second kappa shape index (κ2) is 7.29. The van der Waals surface area contributed by atoms with Crippen molar-refractivity contribution in [3.63, 3.8) is 0 Å². The normalized spacial score (nSPS) is 11.5. The lowest BCUT2D eigenvalue weighted by atomic mass is 9.89. The van der Waals surface area contributed by atoms with Gasteiger partial charge in [-0.25, -0.2) is 0 Å². The second-order valence-electron chi connectivity index (χ2n) is 6.17. The summed E-state index contributed by atoms with van der Waals surface area (Å²) in [6.45, 7) is 8.82. The molecule has 3 N–H and O–H groups in total. The van der Waals surface area contributed by atoms with Crippen LogP contribution < -0.4 is 10.6 Å². The molecule has 0 heterocycles. The zero-order valence-corrected chi connectivity index (χ0v) is 12.9. The third kappa shape index (κ3) is 5.21. The first-order valence-electron chi connectivity index (χ1n) is 7.10. The third-order valence-electron chi connectivity index (χ3n) is 3.13. The molecule has 1 amide bonds. The highest BCUT2D eigenvalue weighted by molar-refractivity contribution is 5.99. The van der Waals surface area contributed by atoms with Crippen LogP contribution in [-0.2, 0) is 0 Å². The molecule has 1 aromatic carbocycles. The minimum absolute atomic E-state index is 0.0836. The zero-order valence-electron chi connectivity index (χ0n) is 12.9. The van der Waals surface area contributed by atoms with Crippen molar-refractivity contribution in [2.45, 2.75) is 40.2 Å². The summed E-state index contributed by atoms with van der Waals surface area (Å²) in [6, 6.07) is 7.78. The maximum Gasteiger partial charge on any atom is 0.253 e. The first-order valence-corrected chi connectivity index (χ1v) is 7.10. The van der Waals surface area contributed by atoms with E-state index in [2.05, 4.69) is 10.6 Å². The second-order valence-corrected chi connectivity index (χ2v) is 6.17. The Morgan fingerprint density at radius 3 is 2.55 bits per heavy atom. The lowest BCUT2D eigenvalue weighted by Crippen LogP contribution is -2.35. The Hall–Kier alpha value is -1.55. The van der Waals surface area contributed by atoms with Gasteiger partial charge in [0.1, 0.15) is 0 Å². The molecular weight excluding hydrogens is 252 g/mol. The van der Waals surface area contributed by atoms with E-state index >= 15 is 0 Å². The van der Waals surface area contributed by atoms with E-state index < -0.39 is 0 Å². The van der Waals surface area contributed by atoms with Crippen molar-refractivity contribution in [2.75, 3.05) is 18.5 Å². The first-order chi connectivity index (χ1) is 9.35. The molecule has 4 nitrogen and oxygen atoms in total. The van der Waals surface area contributed by atoms with Crippen molar-refractivity contribution in [1.29, 1.82) is 0 Å². The Morgan fingerprint density at radius 2 is 1.95 bits per heavy atom. The molecular formula is C16H26N2O2. The van der Waals surface area contributed by atoms with Gasteiger partial charge >= 0.3 is 0 Å². The smallest absolute Gasteiger partial charge is 0.253 e. The fourth-order valence-corrected chi connectivity index (χ4v) is 1.92. The summed E-state index contributed by atoms with van der Waals surface area (Å²) in [5, 5.41) is 15.2. The average Bonchev–Trinajstić information content (AvgIpc) is 2.36. The van der Waals surface area contributed by atoms with Crippen LogP contribution in [0, 0.1) is 5.41 Å². The molecule has 4 heteroatoms. The zero-order chi connectivity index (χ0) is 15.2. The van der Waals surface area contributed by atoms with Gasteiger partial charge in [-0.05, 0) is 37.8 Å². The van der Waals surface area contributed by atoms with E-state index in [1.165, 1.54) is 0 Å². The number of para-hydroxylation sites is 1. The Bertz CT molecular complexity index is 442. The number of carbonyl (C=O) groups excluding carboxylic acids is 1. The molecule has 0 aromatic heterocycles. The molecule has 0 spiro atoms. The quantitative estimate of drug-likeness (QED) is 0.718. The van der Waals surface area contributed by atoms with Crippen LogP contribution in [0.15, 0.2) is 24.3 Å². The molecule has 112 valence electrons. The molecule has 0 saturated heterocycles. The van der Waals surface area contributed by atoms with Crippen molar-refractivity contribution < 1.29 is 9.90 Å². The lowest BCUT2D eigenvalue weighted by molar-refractivity contribution is 0.0929. The number of rotatable bonds is 7. The third-order valence-corrected chi connectivity index (χ3v) is 3.13. The van der Waals surface area contributed by atoms with Crippen LogP contribution in [0.2, 0.25) is 0 Å². The molecule has 1 aromatic rings. The van der Waals surface area contributed by atoms with E-state index in [4.69, 9.17) is 5.11 Å². The standard InChI is InChI=1S/C16H26N2O2/c1-12(2)18-14-8-6-5-7-13(14)15(20)17-11-16(3,4)9-10-19/h5-8,12,18-19H,9-11H2,1-4H3,(H,17,20). The summed E-state index contributed by atoms with van der Waals surface area (Å²) in [5.41, 5.74) is 1.39. The molecule has 0 saturated carbocycles. The van der Waals surface area contributed by atoms with Crippen molar-refractivity contribution in [2.24, 2.45) is 5.41 Å². The highest BCUT2D eigenvalue weighted by Gasteiger charge is 2.19. The summed E-state index contributed by atoms with van der Waals surface area (Å²) < 4.78 is 0. The number of hydrogen-bond donors (Lipinski definition) is 3. The number of carbonyl (C=O) groups is 1. The van der Waals surface area contributed by atoms with Crippen LogP contribution in [0.5, 0.6) is 0 Å². The molecule has 1 rings (SSSR count). The van der Waals surface area contributed by atoms with E-state index in [1.54, 1.807) is 0 Å². The molecule has 0 aliphatic rings. The molecule has 0 radical (unpaired) electrons. The van der Waals surface area contributed by atoms with Gasteiger partial charge in [-0.15, -0.1) is 0 Å². The topological polar surface area (TPSA) is 61.4 Å². The SMILES string of the molecule is CC(C)Nc1ccccc1C(=O)NCC(C)(C)CCO. The minimum atomic E-state index is -0.106. The summed E-state index contributed by atoms with van der Waals surface area (Å²) in [6.07, 6.45) is 0.666. The molecule has 20 heavy (non-hydrogen) atoms. The average molecular weight is 278 g/mol. The van der Waals surface area contributed by atoms with Crippen molar-refractivity contribution in [3.05, 3.63) is 29.8 Å². The highest BCUT2D eigenvalue weighted by atomic mass is 16.3. The van der Waals surface area contributed by atoms with Gasteiger partial charge < -0.3 is 15.7 Å². The Kier molecular flexibility index (Phi) is 6.02. The minimum Gasteiger partial charge on any atom is -0.396 e. The first kappa shape index (κ1) is 16.5.